The smallest absolute Gasteiger partial charge is 0.303 e. The lowest BCUT2D eigenvalue weighted by molar-refractivity contribution is -0.138. The van der Waals surface area contributed by atoms with Gasteiger partial charge in [-0.2, -0.15) is 4.37 Å². The van der Waals surface area contributed by atoms with Crippen LogP contribution in [0.5, 0.6) is 0 Å². The van der Waals surface area contributed by atoms with Gasteiger partial charge in [-0.05, 0) is 30.8 Å². The summed E-state index contributed by atoms with van der Waals surface area (Å²) in [7, 11) is 0. The van der Waals surface area contributed by atoms with Gasteiger partial charge in [-0.15, -0.1) is 0 Å². The number of carbonyl (C=O) groups is 2. The Balaban J connectivity index is 2.23. The lowest BCUT2D eigenvalue weighted by Gasteiger charge is -2.18. The molecule has 5 heteroatoms. The first-order valence-corrected chi connectivity index (χ1v) is 5.55. The Bertz CT molecular complexity index is 424. The van der Waals surface area contributed by atoms with Crippen molar-refractivity contribution in [3.8, 4) is 0 Å². The molecule has 1 heterocycles. The van der Waals surface area contributed by atoms with Crippen LogP contribution in [-0.2, 0) is 11.2 Å². The molecule has 1 N–H and O–H groups in total. The van der Waals surface area contributed by atoms with Gasteiger partial charge in [0, 0.05) is 17.7 Å². The van der Waals surface area contributed by atoms with Crippen LogP contribution in [0.25, 0.3) is 0 Å². The summed E-state index contributed by atoms with van der Waals surface area (Å²) in [5, 5.41) is 8.68. The maximum atomic E-state index is 11.7. The van der Waals surface area contributed by atoms with Gasteiger partial charge < -0.3 is 5.11 Å². The van der Waals surface area contributed by atoms with Crippen molar-refractivity contribution in [2.24, 2.45) is 5.92 Å². The summed E-state index contributed by atoms with van der Waals surface area (Å²) in [6, 6.07) is 0. The standard InChI is InChI=1S/C10H11NO3S/c1-5-10-7(12)2-6(4-9(13)14)3-8(10)15-11-5/h6H,2-4H2,1H3,(H,13,14). The second-order valence-corrected chi connectivity index (χ2v) is 4.72. The number of fused-ring (bicyclic) bond motifs is 1. The van der Waals surface area contributed by atoms with Crippen LogP contribution >= 0.6 is 11.5 Å². The number of carbonyl (C=O) groups excluding carboxylic acids is 1. The second-order valence-electron chi connectivity index (χ2n) is 3.86. The van der Waals surface area contributed by atoms with Crippen molar-refractivity contribution in [3.05, 3.63) is 16.1 Å². The molecule has 1 aromatic rings. The highest BCUT2D eigenvalue weighted by Crippen LogP contribution is 2.31. The minimum absolute atomic E-state index is 0.0498. The van der Waals surface area contributed by atoms with E-state index in [1.165, 1.54) is 11.5 Å². The lowest BCUT2D eigenvalue weighted by Crippen LogP contribution is -2.21. The zero-order chi connectivity index (χ0) is 11.0. The first kappa shape index (κ1) is 10.3. The first-order chi connectivity index (χ1) is 7.08. The average Bonchev–Trinajstić information content (AvgIpc) is 2.46. The molecule has 2 rings (SSSR count). The third kappa shape index (κ3) is 1.92. The van der Waals surface area contributed by atoms with E-state index in [2.05, 4.69) is 4.37 Å². The van der Waals surface area contributed by atoms with Gasteiger partial charge in [0.1, 0.15) is 0 Å². The van der Waals surface area contributed by atoms with Crippen LogP contribution in [0, 0.1) is 12.8 Å². The molecule has 1 aromatic heterocycles. The highest BCUT2D eigenvalue weighted by atomic mass is 32.1. The number of hydrogen-bond acceptors (Lipinski definition) is 4. The Labute approximate surface area is 91.1 Å². The number of nitrogens with zero attached hydrogens (tertiary/aromatic N) is 1. The van der Waals surface area contributed by atoms with Crippen molar-refractivity contribution in [3.63, 3.8) is 0 Å². The molecule has 0 aliphatic heterocycles. The fraction of sp³-hybridized carbons (Fsp3) is 0.500. The number of carboxylic acid groups (broad SMARTS) is 1. The fourth-order valence-electron chi connectivity index (χ4n) is 2.00. The normalized spacial score (nSPS) is 20.1. The van der Waals surface area contributed by atoms with E-state index in [1.54, 1.807) is 0 Å². The van der Waals surface area contributed by atoms with Gasteiger partial charge in [0.25, 0.3) is 0 Å². The molecule has 4 nitrogen and oxygen atoms in total. The number of aryl methyl sites for hydroxylation is 1. The van der Waals surface area contributed by atoms with Crippen molar-refractivity contribution in [2.45, 2.75) is 26.2 Å². The summed E-state index contributed by atoms with van der Waals surface area (Å²) in [5.74, 6) is -0.839. The van der Waals surface area contributed by atoms with Gasteiger partial charge in [-0.25, -0.2) is 0 Å². The number of Topliss-reactive ketones (excluding diaryl/α,β-unsaturated/α-hetero) is 1. The van der Waals surface area contributed by atoms with Crippen LogP contribution in [0.4, 0.5) is 0 Å². The molecular formula is C10H11NO3S. The summed E-state index contributed by atoms with van der Waals surface area (Å²) < 4.78 is 4.14. The third-order valence-corrected chi connectivity index (χ3v) is 3.58. The Morgan fingerprint density at radius 1 is 1.60 bits per heavy atom. The first-order valence-electron chi connectivity index (χ1n) is 4.78. The molecule has 1 unspecified atom stereocenters. The van der Waals surface area contributed by atoms with Gasteiger partial charge in [-0.1, -0.05) is 0 Å². The second kappa shape index (κ2) is 3.73. The fourth-order valence-corrected chi connectivity index (χ4v) is 3.00. The SMILES string of the molecule is Cc1nsc2c1C(=O)CC(CC(=O)O)C2. The molecule has 0 spiro atoms. The molecule has 15 heavy (non-hydrogen) atoms. The Morgan fingerprint density at radius 3 is 3.00 bits per heavy atom. The van der Waals surface area contributed by atoms with Crippen LogP contribution in [0.15, 0.2) is 0 Å². The number of aliphatic carboxylic acids is 1. The molecular weight excluding hydrogens is 214 g/mol. The van der Waals surface area contributed by atoms with Gasteiger partial charge in [0.15, 0.2) is 5.78 Å². The quantitative estimate of drug-likeness (QED) is 0.831. The average molecular weight is 225 g/mol. The summed E-state index contributed by atoms with van der Waals surface area (Å²) in [6.45, 7) is 1.82. The van der Waals surface area contributed by atoms with Crippen molar-refractivity contribution in [2.75, 3.05) is 0 Å². The molecule has 0 radical (unpaired) electrons. The zero-order valence-electron chi connectivity index (χ0n) is 8.32. The summed E-state index contributed by atoms with van der Waals surface area (Å²) >= 11 is 1.32. The molecule has 0 bridgehead atoms. The summed E-state index contributed by atoms with van der Waals surface area (Å²) in [4.78, 5) is 23.3. The molecule has 0 amide bonds. The number of ketones is 1. The van der Waals surface area contributed by atoms with E-state index in [9.17, 15) is 9.59 Å². The van der Waals surface area contributed by atoms with E-state index in [0.29, 0.717) is 12.8 Å². The Kier molecular flexibility index (Phi) is 2.56. The monoisotopic (exact) mass is 225 g/mol. The third-order valence-electron chi connectivity index (χ3n) is 2.62. The molecule has 0 fully saturated rings. The Hall–Kier alpha value is -1.23. The maximum Gasteiger partial charge on any atom is 0.303 e. The predicted molar refractivity (Wildman–Crippen MR) is 55.2 cm³/mol. The topological polar surface area (TPSA) is 67.3 Å². The summed E-state index contributed by atoms with van der Waals surface area (Å²) in [5.41, 5.74) is 1.52. The number of aromatic nitrogens is 1. The molecule has 1 aliphatic carbocycles. The van der Waals surface area contributed by atoms with Crippen LogP contribution in [0.3, 0.4) is 0 Å². The van der Waals surface area contributed by atoms with E-state index in [1.807, 2.05) is 6.92 Å². The summed E-state index contributed by atoms with van der Waals surface area (Å²) in [6.07, 6.45) is 1.10. The van der Waals surface area contributed by atoms with Crippen LogP contribution in [-0.4, -0.2) is 21.2 Å². The minimum Gasteiger partial charge on any atom is -0.481 e. The van der Waals surface area contributed by atoms with Crippen molar-refractivity contribution in [1.82, 2.24) is 4.37 Å². The molecule has 80 valence electrons. The van der Waals surface area contributed by atoms with E-state index >= 15 is 0 Å². The minimum atomic E-state index is -0.836. The zero-order valence-corrected chi connectivity index (χ0v) is 9.13. The van der Waals surface area contributed by atoms with E-state index in [0.717, 1.165) is 16.1 Å². The number of hydrogen-bond donors (Lipinski definition) is 1. The van der Waals surface area contributed by atoms with Crippen LogP contribution in [0.2, 0.25) is 0 Å². The highest BCUT2D eigenvalue weighted by Gasteiger charge is 2.29. The van der Waals surface area contributed by atoms with Gasteiger partial charge >= 0.3 is 5.97 Å². The predicted octanol–water partition coefficient (Wildman–Crippen LogP) is 1.67. The van der Waals surface area contributed by atoms with E-state index in [-0.39, 0.29) is 18.1 Å². The van der Waals surface area contributed by atoms with Crippen molar-refractivity contribution < 1.29 is 14.7 Å². The van der Waals surface area contributed by atoms with Gasteiger partial charge in [-0.3, -0.25) is 9.59 Å². The molecule has 1 atom stereocenters. The highest BCUT2D eigenvalue weighted by molar-refractivity contribution is 7.06. The number of rotatable bonds is 2. The lowest BCUT2D eigenvalue weighted by atomic mass is 9.85. The Morgan fingerprint density at radius 2 is 2.33 bits per heavy atom. The van der Waals surface area contributed by atoms with Crippen LogP contribution < -0.4 is 0 Å². The maximum absolute atomic E-state index is 11.7. The van der Waals surface area contributed by atoms with Gasteiger partial charge in [0.05, 0.1) is 11.3 Å². The number of carboxylic acids is 1. The van der Waals surface area contributed by atoms with Crippen LogP contribution in [0.1, 0.15) is 33.8 Å². The largest absolute Gasteiger partial charge is 0.481 e. The van der Waals surface area contributed by atoms with Gasteiger partial charge in [0.2, 0.25) is 0 Å². The van der Waals surface area contributed by atoms with E-state index < -0.39 is 5.97 Å². The molecule has 0 saturated heterocycles. The molecule has 0 saturated carbocycles. The molecule has 1 aliphatic rings. The molecule has 0 aromatic carbocycles. The van der Waals surface area contributed by atoms with Crippen molar-refractivity contribution >= 4 is 23.3 Å². The van der Waals surface area contributed by atoms with Crippen molar-refractivity contribution in [1.29, 1.82) is 0 Å². The van der Waals surface area contributed by atoms with E-state index in [4.69, 9.17) is 5.11 Å².